The number of H-pyrrole nitrogens is 1. The van der Waals surface area contributed by atoms with E-state index in [0.29, 0.717) is 5.92 Å². The summed E-state index contributed by atoms with van der Waals surface area (Å²) >= 11 is 7.66. The first-order valence-electron chi connectivity index (χ1n) is 10.2. The maximum Gasteiger partial charge on any atom is 0.144 e. The van der Waals surface area contributed by atoms with Gasteiger partial charge in [-0.1, -0.05) is 82.0 Å². The Hall–Kier alpha value is -2.37. The summed E-state index contributed by atoms with van der Waals surface area (Å²) in [6.07, 6.45) is 0. The SMILES string of the molecule is COc1c(Sc2c(C(C)C)[nH]c3ccccc3c2=S)c(C(C)C)nc2ccccc12. The van der Waals surface area contributed by atoms with Gasteiger partial charge in [0, 0.05) is 22.0 Å². The van der Waals surface area contributed by atoms with Crippen LogP contribution in [0, 0.1) is 4.51 Å². The van der Waals surface area contributed by atoms with Gasteiger partial charge in [0.05, 0.1) is 32.6 Å². The number of hydrogen-bond acceptors (Lipinski definition) is 4. The normalized spacial score (nSPS) is 11.7. The monoisotopic (exact) mass is 434 g/mol. The zero-order valence-electron chi connectivity index (χ0n) is 17.9. The number of hydrogen-bond donors (Lipinski definition) is 1. The van der Waals surface area contributed by atoms with E-state index in [4.69, 9.17) is 21.9 Å². The minimum atomic E-state index is 0.256. The summed E-state index contributed by atoms with van der Waals surface area (Å²) in [5.41, 5.74) is 4.21. The number of nitrogens with one attached hydrogen (secondary N) is 1. The van der Waals surface area contributed by atoms with E-state index < -0.39 is 0 Å². The van der Waals surface area contributed by atoms with Gasteiger partial charge in [-0.2, -0.15) is 0 Å². The third-order valence-corrected chi connectivity index (χ3v) is 7.03. The standard InChI is InChI=1S/C25H26N2OS2/c1-14(2)20-24(22(28-5)16-10-6-8-12-18(16)26-20)30-25-21(15(3)4)27-19-13-9-7-11-17(19)23(25)29/h6-15H,1-5H3,(H,27,29). The van der Waals surface area contributed by atoms with Gasteiger partial charge in [0.1, 0.15) is 5.75 Å². The summed E-state index contributed by atoms with van der Waals surface area (Å²) in [6.45, 7) is 8.73. The lowest BCUT2D eigenvalue weighted by molar-refractivity contribution is 0.407. The van der Waals surface area contributed by atoms with Crippen LogP contribution < -0.4 is 4.74 Å². The number of methoxy groups -OCH3 is 1. The van der Waals surface area contributed by atoms with Crippen LogP contribution in [-0.2, 0) is 0 Å². The molecule has 2 aromatic carbocycles. The van der Waals surface area contributed by atoms with Crippen LogP contribution in [-0.4, -0.2) is 17.1 Å². The molecule has 4 aromatic rings. The van der Waals surface area contributed by atoms with Gasteiger partial charge in [-0.25, -0.2) is 0 Å². The summed E-state index contributed by atoms with van der Waals surface area (Å²) in [5, 5.41) is 2.09. The summed E-state index contributed by atoms with van der Waals surface area (Å²) in [6, 6.07) is 16.4. The lowest BCUT2D eigenvalue weighted by atomic mass is 10.1. The van der Waals surface area contributed by atoms with Crippen LogP contribution in [0.3, 0.4) is 0 Å². The molecule has 30 heavy (non-hydrogen) atoms. The molecule has 0 aliphatic rings. The van der Waals surface area contributed by atoms with Crippen LogP contribution in [0.5, 0.6) is 5.75 Å². The van der Waals surface area contributed by atoms with Crippen molar-refractivity contribution in [2.75, 3.05) is 7.11 Å². The number of ether oxygens (including phenoxy) is 1. The summed E-state index contributed by atoms with van der Waals surface area (Å²) < 4.78 is 6.82. The van der Waals surface area contributed by atoms with Gasteiger partial charge in [-0.15, -0.1) is 0 Å². The van der Waals surface area contributed by atoms with Gasteiger partial charge in [0.2, 0.25) is 0 Å². The molecule has 0 saturated carbocycles. The Kier molecular flexibility index (Phi) is 5.85. The Morgan fingerprint density at radius 1 is 0.900 bits per heavy atom. The third kappa shape index (κ3) is 3.61. The van der Waals surface area contributed by atoms with Gasteiger partial charge in [-0.3, -0.25) is 4.98 Å². The van der Waals surface area contributed by atoms with Crippen LogP contribution in [0.1, 0.15) is 50.9 Å². The highest BCUT2D eigenvalue weighted by atomic mass is 32.2. The molecule has 2 aromatic heterocycles. The van der Waals surface area contributed by atoms with Crippen molar-refractivity contribution in [3.63, 3.8) is 0 Å². The van der Waals surface area contributed by atoms with E-state index >= 15 is 0 Å². The second-order valence-electron chi connectivity index (χ2n) is 8.03. The lowest BCUT2D eigenvalue weighted by Gasteiger charge is -2.20. The third-order valence-electron chi connectivity index (χ3n) is 5.25. The molecule has 4 rings (SSSR count). The van der Waals surface area contributed by atoms with Crippen LogP contribution in [0.25, 0.3) is 21.8 Å². The first-order valence-corrected chi connectivity index (χ1v) is 11.4. The molecular formula is C25H26N2OS2. The van der Waals surface area contributed by atoms with Gasteiger partial charge < -0.3 is 9.72 Å². The number of aromatic amines is 1. The van der Waals surface area contributed by atoms with Crippen molar-refractivity contribution in [1.82, 2.24) is 9.97 Å². The quantitative estimate of drug-likeness (QED) is 0.325. The number of nitrogens with zero attached hydrogens (tertiary/aromatic N) is 1. The molecule has 0 aliphatic carbocycles. The molecule has 0 unspecified atom stereocenters. The predicted molar refractivity (Wildman–Crippen MR) is 130 cm³/mol. The predicted octanol–water partition coefficient (Wildman–Crippen LogP) is 7.85. The number of rotatable bonds is 5. The van der Waals surface area contributed by atoms with Gasteiger partial charge in [0.25, 0.3) is 0 Å². The average molecular weight is 435 g/mol. The fraction of sp³-hybridized carbons (Fsp3) is 0.280. The highest BCUT2D eigenvalue weighted by Gasteiger charge is 2.22. The number of para-hydroxylation sites is 2. The Bertz CT molecular complexity index is 1290. The number of benzene rings is 2. The smallest absolute Gasteiger partial charge is 0.144 e. The van der Waals surface area contributed by atoms with E-state index in [1.54, 1.807) is 18.9 Å². The Morgan fingerprint density at radius 2 is 1.57 bits per heavy atom. The van der Waals surface area contributed by atoms with E-state index in [1.807, 2.05) is 30.3 Å². The molecule has 3 nitrogen and oxygen atoms in total. The van der Waals surface area contributed by atoms with E-state index in [0.717, 1.165) is 53.2 Å². The molecule has 5 heteroatoms. The maximum atomic E-state index is 5.98. The highest BCUT2D eigenvalue weighted by Crippen LogP contribution is 2.46. The van der Waals surface area contributed by atoms with E-state index in [1.165, 1.54) is 0 Å². The van der Waals surface area contributed by atoms with Crippen molar-refractivity contribution >= 4 is 45.8 Å². The van der Waals surface area contributed by atoms with E-state index in [-0.39, 0.29) is 5.92 Å². The van der Waals surface area contributed by atoms with Crippen molar-refractivity contribution in [1.29, 1.82) is 0 Å². The molecule has 0 aliphatic heterocycles. The number of pyridine rings is 2. The molecule has 154 valence electrons. The summed E-state index contributed by atoms with van der Waals surface area (Å²) in [4.78, 5) is 10.8. The van der Waals surface area contributed by atoms with Crippen LogP contribution in [0.4, 0.5) is 0 Å². The largest absolute Gasteiger partial charge is 0.495 e. The Labute approximate surface area is 186 Å². The summed E-state index contributed by atoms with van der Waals surface area (Å²) in [7, 11) is 1.74. The van der Waals surface area contributed by atoms with Crippen molar-refractivity contribution in [2.24, 2.45) is 0 Å². The van der Waals surface area contributed by atoms with Crippen molar-refractivity contribution in [3.8, 4) is 5.75 Å². The fourth-order valence-corrected chi connectivity index (χ4v) is 5.61. The van der Waals surface area contributed by atoms with E-state index in [2.05, 4.69) is 50.9 Å². The van der Waals surface area contributed by atoms with Crippen LogP contribution >= 0.6 is 24.0 Å². The molecule has 0 fully saturated rings. The van der Waals surface area contributed by atoms with Crippen molar-refractivity contribution in [3.05, 3.63) is 64.4 Å². The van der Waals surface area contributed by atoms with Gasteiger partial charge in [-0.05, 0) is 30.0 Å². The van der Waals surface area contributed by atoms with E-state index in [9.17, 15) is 0 Å². The molecule has 0 amide bonds. The molecule has 0 atom stereocenters. The zero-order valence-corrected chi connectivity index (χ0v) is 19.6. The minimum absolute atomic E-state index is 0.256. The molecule has 0 radical (unpaired) electrons. The minimum Gasteiger partial charge on any atom is -0.495 e. The first kappa shape index (κ1) is 20.9. The van der Waals surface area contributed by atoms with Gasteiger partial charge in [0.15, 0.2) is 0 Å². The molecular weight excluding hydrogens is 408 g/mol. The van der Waals surface area contributed by atoms with Crippen LogP contribution in [0.15, 0.2) is 58.3 Å². The number of fused-ring (bicyclic) bond motifs is 2. The zero-order chi connectivity index (χ0) is 21.4. The highest BCUT2D eigenvalue weighted by molar-refractivity contribution is 7.99. The van der Waals surface area contributed by atoms with Crippen molar-refractivity contribution in [2.45, 2.75) is 49.3 Å². The fourth-order valence-electron chi connectivity index (χ4n) is 3.72. The topological polar surface area (TPSA) is 37.9 Å². The first-order chi connectivity index (χ1) is 14.4. The molecule has 2 heterocycles. The summed E-state index contributed by atoms with van der Waals surface area (Å²) in [5.74, 6) is 1.43. The van der Waals surface area contributed by atoms with Crippen LogP contribution in [0.2, 0.25) is 0 Å². The Balaban J connectivity index is 2.02. The average Bonchev–Trinajstić information content (AvgIpc) is 2.74. The van der Waals surface area contributed by atoms with Crippen molar-refractivity contribution < 1.29 is 4.74 Å². The lowest BCUT2D eigenvalue weighted by Crippen LogP contribution is -2.03. The molecule has 0 bridgehead atoms. The Morgan fingerprint density at radius 3 is 2.23 bits per heavy atom. The molecule has 0 saturated heterocycles. The second-order valence-corrected chi connectivity index (χ2v) is 9.46. The maximum absolute atomic E-state index is 5.98. The molecule has 0 spiro atoms. The second kappa shape index (κ2) is 8.40. The van der Waals surface area contributed by atoms with Gasteiger partial charge >= 0.3 is 0 Å². The molecule has 1 N–H and O–H groups in total. The number of aromatic nitrogens is 2.